The second kappa shape index (κ2) is 5.05. The number of hydrogen-bond acceptors (Lipinski definition) is 4. The zero-order chi connectivity index (χ0) is 11.5. The lowest BCUT2D eigenvalue weighted by Crippen LogP contribution is -2.20. The van der Waals surface area contributed by atoms with Crippen LogP contribution in [0, 0.1) is 0 Å². The number of nitrogens with zero attached hydrogens (tertiary/aromatic N) is 2. The summed E-state index contributed by atoms with van der Waals surface area (Å²) in [5.41, 5.74) is -0.156. The van der Waals surface area contributed by atoms with Crippen molar-refractivity contribution in [3.05, 3.63) is 10.5 Å². The standard InChI is InChI=1S/C10H17N3O2S/c1-2-6-13-9(15)11-12-10(13)16-8-5-3-4-7(8)14/h7-8,14H,2-6H2,1H3,(H,11,15)/t7-,8+/m0/s1. The van der Waals surface area contributed by atoms with Crippen LogP contribution in [0.5, 0.6) is 0 Å². The molecule has 90 valence electrons. The largest absolute Gasteiger partial charge is 0.392 e. The molecule has 2 atom stereocenters. The third kappa shape index (κ3) is 2.32. The Bertz CT molecular complexity index is 401. The van der Waals surface area contributed by atoms with Gasteiger partial charge < -0.3 is 5.11 Å². The first-order valence-electron chi connectivity index (χ1n) is 5.72. The van der Waals surface area contributed by atoms with Gasteiger partial charge in [-0.05, 0) is 25.7 Å². The Morgan fingerprint density at radius 3 is 3.06 bits per heavy atom. The van der Waals surface area contributed by atoms with Gasteiger partial charge in [0.05, 0.1) is 6.10 Å². The van der Waals surface area contributed by atoms with Crippen LogP contribution in [0.3, 0.4) is 0 Å². The van der Waals surface area contributed by atoms with E-state index in [1.54, 1.807) is 4.57 Å². The third-order valence-electron chi connectivity index (χ3n) is 2.84. The number of H-pyrrole nitrogens is 1. The van der Waals surface area contributed by atoms with Crippen LogP contribution in [0.1, 0.15) is 32.6 Å². The van der Waals surface area contributed by atoms with E-state index in [0.717, 1.165) is 25.7 Å². The lowest BCUT2D eigenvalue weighted by atomic mass is 10.3. The number of thioether (sulfide) groups is 1. The molecule has 16 heavy (non-hydrogen) atoms. The number of aliphatic hydroxyl groups excluding tert-OH is 1. The van der Waals surface area contributed by atoms with Crippen molar-refractivity contribution in [2.24, 2.45) is 0 Å². The quantitative estimate of drug-likeness (QED) is 0.827. The molecule has 2 rings (SSSR count). The van der Waals surface area contributed by atoms with E-state index >= 15 is 0 Å². The molecule has 1 aliphatic carbocycles. The van der Waals surface area contributed by atoms with Gasteiger partial charge in [0.2, 0.25) is 0 Å². The highest BCUT2D eigenvalue weighted by molar-refractivity contribution is 7.99. The molecule has 2 N–H and O–H groups in total. The van der Waals surface area contributed by atoms with Gasteiger partial charge in [0.1, 0.15) is 0 Å². The number of aromatic amines is 1. The first-order chi connectivity index (χ1) is 7.72. The monoisotopic (exact) mass is 243 g/mol. The zero-order valence-corrected chi connectivity index (χ0v) is 10.2. The van der Waals surface area contributed by atoms with E-state index in [2.05, 4.69) is 10.2 Å². The Morgan fingerprint density at radius 2 is 2.44 bits per heavy atom. The van der Waals surface area contributed by atoms with E-state index in [1.165, 1.54) is 11.8 Å². The van der Waals surface area contributed by atoms with Crippen molar-refractivity contribution in [3.8, 4) is 0 Å². The molecule has 0 amide bonds. The molecule has 0 spiro atoms. The summed E-state index contributed by atoms with van der Waals surface area (Å²) in [5.74, 6) is 0. The summed E-state index contributed by atoms with van der Waals surface area (Å²) in [4.78, 5) is 11.5. The summed E-state index contributed by atoms with van der Waals surface area (Å²) in [5, 5.41) is 17.1. The van der Waals surface area contributed by atoms with Gasteiger partial charge in [0.25, 0.3) is 0 Å². The van der Waals surface area contributed by atoms with Gasteiger partial charge in [-0.15, -0.1) is 5.10 Å². The minimum atomic E-state index is -0.258. The van der Waals surface area contributed by atoms with Gasteiger partial charge in [-0.2, -0.15) is 0 Å². The van der Waals surface area contributed by atoms with Gasteiger partial charge in [0.15, 0.2) is 5.16 Å². The van der Waals surface area contributed by atoms with Crippen molar-refractivity contribution in [2.75, 3.05) is 0 Å². The third-order valence-corrected chi connectivity index (χ3v) is 4.22. The summed E-state index contributed by atoms with van der Waals surface area (Å²) in [6.45, 7) is 2.71. The molecule has 1 aromatic heterocycles. The molecular weight excluding hydrogens is 226 g/mol. The van der Waals surface area contributed by atoms with E-state index in [-0.39, 0.29) is 17.0 Å². The van der Waals surface area contributed by atoms with Crippen LogP contribution >= 0.6 is 11.8 Å². The Balaban J connectivity index is 2.11. The van der Waals surface area contributed by atoms with Crippen molar-refractivity contribution in [1.82, 2.24) is 14.8 Å². The lowest BCUT2D eigenvalue weighted by molar-refractivity contribution is 0.188. The maximum atomic E-state index is 11.5. The van der Waals surface area contributed by atoms with Crippen LogP contribution in [0.25, 0.3) is 0 Å². The molecule has 0 aromatic carbocycles. The predicted octanol–water partition coefficient (Wildman–Crippen LogP) is 0.987. The second-order valence-corrected chi connectivity index (χ2v) is 5.32. The molecule has 1 aliphatic rings. The van der Waals surface area contributed by atoms with Crippen molar-refractivity contribution >= 4 is 11.8 Å². The van der Waals surface area contributed by atoms with E-state index in [1.807, 2.05) is 6.92 Å². The SMILES string of the molecule is CCCn1c(S[C@@H]2CCC[C@@H]2O)n[nH]c1=O. The predicted molar refractivity (Wildman–Crippen MR) is 62.6 cm³/mol. The van der Waals surface area contributed by atoms with Gasteiger partial charge in [0, 0.05) is 11.8 Å². The molecule has 5 nitrogen and oxygen atoms in total. The summed E-state index contributed by atoms with van der Waals surface area (Å²) in [6, 6.07) is 0. The van der Waals surface area contributed by atoms with E-state index in [0.29, 0.717) is 11.7 Å². The Hall–Kier alpha value is -0.750. The number of aliphatic hydroxyl groups is 1. The molecule has 1 heterocycles. The molecule has 0 aliphatic heterocycles. The van der Waals surface area contributed by atoms with Crippen LogP contribution in [0.4, 0.5) is 0 Å². The van der Waals surface area contributed by atoms with Gasteiger partial charge in [-0.25, -0.2) is 9.89 Å². The van der Waals surface area contributed by atoms with Crippen molar-refractivity contribution in [3.63, 3.8) is 0 Å². The fourth-order valence-corrected chi connectivity index (χ4v) is 3.24. The average Bonchev–Trinajstić information content (AvgIpc) is 2.80. The smallest absolute Gasteiger partial charge is 0.343 e. The molecule has 1 fully saturated rings. The van der Waals surface area contributed by atoms with E-state index in [9.17, 15) is 9.90 Å². The molecule has 0 unspecified atom stereocenters. The van der Waals surface area contributed by atoms with Gasteiger partial charge in [-0.3, -0.25) is 4.57 Å². The van der Waals surface area contributed by atoms with Crippen molar-refractivity contribution < 1.29 is 5.11 Å². The maximum Gasteiger partial charge on any atom is 0.343 e. The van der Waals surface area contributed by atoms with Crippen molar-refractivity contribution in [1.29, 1.82) is 0 Å². The van der Waals surface area contributed by atoms with Gasteiger partial charge >= 0.3 is 5.69 Å². The second-order valence-electron chi connectivity index (χ2n) is 4.12. The Labute approximate surface area is 98.3 Å². The Morgan fingerprint density at radius 1 is 1.62 bits per heavy atom. The van der Waals surface area contributed by atoms with Crippen molar-refractivity contribution in [2.45, 2.75) is 55.7 Å². The fraction of sp³-hybridized carbons (Fsp3) is 0.800. The highest BCUT2D eigenvalue weighted by Crippen LogP contribution is 2.33. The van der Waals surface area contributed by atoms with Crippen LogP contribution < -0.4 is 5.69 Å². The fourth-order valence-electron chi connectivity index (χ4n) is 1.99. The topological polar surface area (TPSA) is 70.9 Å². The molecule has 1 aromatic rings. The van der Waals surface area contributed by atoms with E-state index < -0.39 is 0 Å². The minimum Gasteiger partial charge on any atom is -0.392 e. The first kappa shape index (κ1) is 11.7. The number of hydrogen-bond donors (Lipinski definition) is 2. The summed E-state index contributed by atoms with van der Waals surface area (Å²) >= 11 is 1.52. The Kier molecular flexibility index (Phi) is 3.70. The summed E-state index contributed by atoms with van der Waals surface area (Å²) in [7, 11) is 0. The van der Waals surface area contributed by atoms with Crippen LogP contribution in [0.15, 0.2) is 9.95 Å². The molecule has 0 radical (unpaired) electrons. The average molecular weight is 243 g/mol. The van der Waals surface area contributed by atoms with Crippen LogP contribution in [-0.4, -0.2) is 31.2 Å². The van der Waals surface area contributed by atoms with Crippen LogP contribution in [-0.2, 0) is 6.54 Å². The molecule has 0 bridgehead atoms. The first-order valence-corrected chi connectivity index (χ1v) is 6.60. The molecular formula is C10H17N3O2S. The highest BCUT2D eigenvalue weighted by atomic mass is 32.2. The maximum absolute atomic E-state index is 11.5. The highest BCUT2D eigenvalue weighted by Gasteiger charge is 2.27. The van der Waals surface area contributed by atoms with Gasteiger partial charge in [-0.1, -0.05) is 18.7 Å². The van der Waals surface area contributed by atoms with E-state index in [4.69, 9.17) is 0 Å². The molecule has 1 saturated carbocycles. The summed E-state index contributed by atoms with van der Waals surface area (Å²) in [6.07, 6.45) is 3.56. The lowest BCUT2D eigenvalue weighted by Gasteiger charge is -2.13. The number of rotatable bonds is 4. The summed E-state index contributed by atoms with van der Waals surface area (Å²) < 4.78 is 1.65. The molecule has 6 heteroatoms. The van der Waals surface area contributed by atoms with Crippen LogP contribution in [0.2, 0.25) is 0 Å². The normalized spacial score (nSPS) is 25.1. The molecule has 0 saturated heterocycles. The number of nitrogens with one attached hydrogen (secondary N) is 1. The zero-order valence-electron chi connectivity index (χ0n) is 9.35. The minimum absolute atomic E-state index is 0.156. The number of aromatic nitrogens is 3.